The van der Waals surface area contributed by atoms with E-state index in [-0.39, 0.29) is 18.3 Å². The van der Waals surface area contributed by atoms with Crippen LogP contribution in [-0.4, -0.2) is 33.0 Å². The van der Waals surface area contributed by atoms with E-state index in [1.165, 1.54) is 11.8 Å². The van der Waals surface area contributed by atoms with Gasteiger partial charge in [-0.05, 0) is 75.2 Å². The van der Waals surface area contributed by atoms with Gasteiger partial charge in [0.1, 0.15) is 18.1 Å². The third-order valence-electron chi connectivity index (χ3n) is 5.57. The molecule has 4 aromatic rings. The van der Waals surface area contributed by atoms with Crippen LogP contribution in [0, 0.1) is 20.8 Å². The normalized spacial score (nSPS) is 10.8. The summed E-state index contributed by atoms with van der Waals surface area (Å²) in [7, 11) is 0. The van der Waals surface area contributed by atoms with E-state index in [2.05, 4.69) is 15.5 Å². The Hall–Kier alpha value is -3.78. The maximum atomic E-state index is 12.8. The zero-order valence-corrected chi connectivity index (χ0v) is 21.8. The summed E-state index contributed by atoms with van der Waals surface area (Å²) in [4.78, 5) is 12.8. The molecule has 0 unspecified atom stereocenters. The minimum Gasteiger partial charge on any atom is -0.494 e. The summed E-state index contributed by atoms with van der Waals surface area (Å²) >= 11 is 1.33. The molecule has 0 radical (unpaired) electrons. The van der Waals surface area contributed by atoms with Gasteiger partial charge in [-0.1, -0.05) is 47.7 Å². The highest BCUT2D eigenvalue weighted by Crippen LogP contribution is 2.26. The molecule has 0 aliphatic heterocycles. The molecule has 1 aromatic heterocycles. The molecule has 36 heavy (non-hydrogen) atoms. The van der Waals surface area contributed by atoms with E-state index in [0.29, 0.717) is 17.6 Å². The minimum atomic E-state index is -0.101. The molecule has 0 aliphatic rings. The van der Waals surface area contributed by atoms with Crippen LogP contribution < -0.4 is 14.8 Å². The van der Waals surface area contributed by atoms with Crippen LogP contribution in [0.4, 0.5) is 5.69 Å². The van der Waals surface area contributed by atoms with Crippen LogP contribution in [0.2, 0.25) is 0 Å². The topological polar surface area (TPSA) is 78.3 Å². The van der Waals surface area contributed by atoms with Crippen LogP contribution in [0.1, 0.15) is 29.4 Å². The molecule has 3 aromatic carbocycles. The first-order valence-corrected chi connectivity index (χ1v) is 12.8. The summed E-state index contributed by atoms with van der Waals surface area (Å²) in [5, 5.41) is 12.4. The Bertz CT molecular complexity index is 1300. The number of aromatic nitrogens is 3. The molecule has 8 heteroatoms. The number of carbonyl (C=O) groups excluding carboxylic acids is 1. The van der Waals surface area contributed by atoms with Crippen LogP contribution in [-0.2, 0) is 11.4 Å². The smallest absolute Gasteiger partial charge is 0.234 e. The molecule has 0 aliphatic carbocycles. The van der Waals surface area contributed by atoms with Gasteiger partial charge >= 0.3 is 0 Å². The number of para-hydroxylation sites is 1. The van der Waals surface area contributed by atoms with Gasteiger partial charge in [-0.25, -0.2) is 0 Å². The van der Waals surface area contributed by atoms with Gasteiger partial charge in [0.15, 0.2) is 11.0 Å². The highest BCUT2D eigenvalue weighted by molar-refractivity contribution is 7.99. The van der Waals surface area contributed by atoms with Crippen LogP contribution in [0.25, 0.3) is 5.69 Å². The molecule has 0 saturated carbocycles. The van der Waals surface area contributed by atoms with E-state index in [0.717, 1.165) is 39.6 Å². The number of rotatable bonds is 10. The molecule has 4 rings (SSSR count). The maximum absolute atomic E-state index is 12.8. The van der Waals surface area contributed by atoms with Crippen LogP contribution in [0.5, 0.6) is 11.5 Å². The Morgan fingerprint density at radius 3 is 2.19 bits per heavy atom. The van der Waals surface area contributed by atoms with Crippen molar-refractivity contribution in [1.82, 2.24) is 14.8 Å². The van der Waals surface area contributed by atoms with E-state index >= 15 is 0 Å². The first-order chi connectivity index (χ1) is 17.4. The number of ether oxygens (including phenoxy) is 2. The van der Waals surface area contributed by atoms with Crippen molar-refractivity contribution in [1.29, 1.82) is 0 Å². The van der Waals surface area contributed by atoms with Crippen molar-refractivity contribution in [2.24, 2.45) is 0 Å². The van der Waals surface area contributed by atoms with Crippen LogP contribution in [0.15, 0.2) is 71.9 Å². The summed E-state index contributed by atoms with van der Waals surface area (Å²) in [6.07, 6.45) is 0. The van der Waals surface area contributed by atoms with Gasteiger partial charge in [-0.3, -0.25) is 9.36 Å². The highest BCUT2D eigenvalue weighted by Gasteiger charge is 2.17. The number of carbonyl (C=O) groups is 1. The van der Waals surface area contributed by atoms with Crippen molar-refractivity contribution in [3.63, 3.8) is 0 Å². The quantitative estimate of drug-likeness (QED) is 0.272. The van der Waals surface area contributed by atoms with E-state index in [9.17, 15) is 4.79 Å². The van der Waals surface area contributed by atoms with Gasteiger partial charge in [0.05, 0.1) is 12.4 Å². The zero-order chi connectivity index (χ0) is 25.5. The Morgan fingerprint density at radius 1 is 0.889 bits per heavy atom. The molecule has 1 amide bonds. The number of hydrogen-bond acceptors (Lipinski definition) is 6. The fourth-order valence-electron chi connectivity index (χ4n) is 3.70. The Balaban J connectivity index is 1.53. The van der Waals surface area contributed by atoms with Gasteiger partial charge in [0.2, 0.25) is 5.91 Å². The van der Waals surface area contributed by atoms with Gasteiger partial charge in [-0.15, -0.1) is 10.2 Å². The lowest BCUT2D eigenvalue weighted by Gasteiger charge is -2.13. The Labute approximate surface area is 215 Å². The molecule has 1 heterocycles. The highest BCUT2D eigenvalue weighted by atomic mass is 32.2. The molecule has 7 nitrogen and oxygen atoms in total. The fraction of sp³-hybridized carbons (Fsp3) is 0.250. The zero-order valence-electron chi connectivity index (χ0n) is 20.9. The molecule has 1 N–H and O–H groups in total. The lowest BCUT2D eigenvalue weighted by atomic mass is 10.1. The second kappa shape index (κ2) is 11.8. The predicted octanol–water partition coefficient (Wildman–Crippen LogP) is 5.90. The summed E-state index contributed by atoms with van der Waals surface area (Å²) in [6, 6.07) is 21.5. The fourth-order valence-corrected chi connectivity index (χ4v) is 4.48. The van der Waals surface area contributed by atoms with E-state index < -0.39 is 0 Å². The Morgan fingerprint density at radius 2 is 1.53 bits per heavy atom. The number of aryl methyl sites for hydroxylation is 3. The number of hydrogen-bond donors (Lipinski definition) is 1. The molecule has 0 saturated heterocycles. The standard InChI is InChI=1S/C28H30N4O3S/c1-5-34-23-15-11-22(12-16-23)32-25(17-35-24-13-9-19(2)10-14-24)30-31-28(32)36-18-26(33)29-27-20(3)7-6-8-21(27)4/h6-16H,5,17-18H2,1-4H3,(H,29,33). The minimum absolute atomic E-state index is 0.101. The van der Waals surface area contributed by atoms with Gasteiger partial charge in [-0.2, -0.15) is 0 Å². The van der Waals surface area contributed by atoms with Gasteiger partial charge in [0, 0.05) is 11.4 Å². The molecular weight excluding hydrogens is 472 g/mol. The van der Waals surface area contributed by atoms with Crippen molar-refractivity contribution in [3.05, 3.63) is 89.2 Å². The second-order valence-electron chi connectivity index (χ2n) is 8.37. The van der Waals surface area contributed by atoms with Crippen molar-refractivity contribution in [3.8, 4) is 17.2 Å². The summed E-state index contributed by atoms with van der Waals surface area (Å²) in [6.45, 7) is 8.78. The molecule has 0 spiro atoms. The van der Waals surface area contributed by atoms with Crippen molar-refractivity contribution in [2.45, 2.75) is 39.5 Å². The molecular formula is C28H30N4O3S. The average molecular weight is 503 g/mol. The third kappa shape index (κ3) is 6.26. The molecule has 0 atom stereocenters. The second-order valence-corrected chi connectivity index (χ2v) is 9.31. The van der Waals surface area contributed by atoms with E-state index in [1.54, 1.807) is 0 Å². The van der Waals surface area contributed by atoms with Crippen molar-refractivity contribution < 1.29 is 14.3 Å². The maximum Gasteiger partial charge on any atom is 0.234 e. The van der Waals surface area contributed by atoms with E-state index in [1.807, 2.05) is 99.0 Å². The number of amides is 1. The largest absolute Gasteiger partial charge is 0.494 e. The lowest BCUT2D eigenvalue weighted by Crippen LogP contribution is -2.16. The van der Waals surface area contributed by atoms with Gasteiger partial charge < -0.3 is 14.8 Å². The number of nitrogens with zero attached hydrogens (tertiary/aromatic N) is 3. The van der Waals surface area contributed by atoms with Gasteiger partial charge in [0.25, 0.3) is 0 Å². The predicted molar refractivity (Wildman–Crippen MR) is 143 cm³/mol. The monoisotopic (exact) mass is 502 g/mol. The average Bonchev–Trinajstić information content (AvgIpc) is 3.28. The number of nitrogens with one attached hydrogen (secondary N) is 1. The summed E-state index contributed by atoms with van der Waals surface area (Å²) in [5.41, 5.74) is 4.94. The first-order valence-electron chi connectivity index (χ1n) is 11.8. The van der Waals surface area contributed by atoms with Crippen LogP contribution in [0.3, 0.4) is 0 Å². The van der Waals surface area contributed by atoms with Crippen molar-refractivity contribution in [2.75, 3.05) is 17.7 Å². The SMILES string of the molecule is CCOc1ccc(-n2c(COc3ccc(C)cc3)nnc2SCC(=O)Nc2c(C)cccc2C)cc1. The number of benzene rings is 3. The summed E-state index contributed by atoms with van der Waals surface area (Å²) in [5.74, 6) is 2.27. The Kier molecular flexibility index (Phi) is 8.28. The van der Waals surface area contributed by atoms with E-state index in [4.69, 9.17) is 9.47 Å². The van der Waals surface area contributed by atoms with Crippen molar-refractivity contribution >= 4 is 23.4 Å². The number of thioether (sulfide) groups is 1. The number of anilines is 1. The van der Waals surface area contributed by atoms with Crippen LogP contribution >= 0.6 is 11.8 Å². The first kappa shape index (κ1) is 25.3. The molecule has 186 valence electrons. The molecule has 0 fully saturated rings. The third-order valence-corrected chi connectivity index (χ3v) is 6.50. The lowest BCUT2D eigenvalue weighted by molar-refractivity contribution is -0.113. The molecule has 0 bridgehead atoms. The summed E-state index contributed by atoms with van der Waals surface area (Å²) < 4.78 is 13.5.